The van der Waals surface area contributed by atoms with Crippen LogP contribution in [0.25, 0.3) is 0 Å². The van der Waals surface area contributed by atoms with E-state index in [0.29, 0.717) is 12.0 Å². The van der Waals surface area contributed by atoms with E-state index in [2.05, 4.69) is 33.8 Å². The third-order valence-corrected chi connectivity index (χ3v) is 6.56. The Morgan fingerprint density at radius 1 is 1.23 bits per heavy atom. The lowest BCUT2D eigenvalue weighted by atomic mass is 9.67. The molecule has 3 rings (SSSR count). The topological polar surface area (TPSA) is 66.8 Å². The Morgan fingerprint density at radius 3 is 2.50 bits per heavy atom. The molecule has 2 aliphatic rings. The van der Waals surface area contributed by atoms with E-state index in [9.17, 15) is 15.0 Å². The molecule has 142 valence electrons. The lowest BCUT2D eigenvalue weighted by Crippen LogP contribution is -2.50. The molecule has 0 amide bonds. The fraction of sp³-hybridized carbons (Fsp3) is 0.591. The monoisotopic (exact) mass is 358 g/mol. The molecule has 0 aliphatic heterocycles. The van der Waals surface area contributed by atoms with Gasteiger partial charge in [0.1, 0.15) is 11.9 Å². The number of aliphatic hydroxyl groups is 1. The number of allylic oxidation sites excluding steroid dienone is 1. The second kappa shape index (κ2) is 6.73. The van der Waals surface area contributed by atoms with Gasteiger partial charge in [0.05, 0.1) is 11.2 Å². The standard InChI is InChI=1S/C22H30O4/c1-14(2)22(25)12-11-21(4)10-9-15(3)13-18(19(21)22)26-20(24)16-5-7-17(23)8-6-16/h5-9,14,18-19,23,25H,10-13H2,1-4H3/t18-,19-,21+,22-/m0/s1. The smallest absolute Gasteiger partial charge is 0.338 e. The molecular weight excluding hydrogens is 328 g/mol. The molecule has 0 aromatic heterocycles. The van der Waals surface area contributed by atoms with Gasteiger partial charge in [0, 0.05) is 12.3 Å². The number of phenolic OH excluding ortho intramolecular Hbond substituents is 1. The Labute approximate surface area is 155 Å². The minimum Gasteiger partial charge on any atom is -0.508 e. The zero-order valence-corrected chi connectivity index (χ0v) is 16.2. The van der Waals surface area contributed by atoms with Gasteiger partial charge in [0.2, 0.25) is 0 Å². The number of hydrogen-bond acceptors (Lipinski definition) is 4. The van der Waals surface area contributed by atoms with E-state index in [-0.39, 0.29) is 29.1 Å². The van der Waals surface area contributed by atoms with Crippen LogP contribution in [0.1, 0.15) is 63.7 Å². The van der Waals surface area contributed by atoms with Crippen LogP contribution in [-0.2, 0) is 4.74 Å². The van der Waals surface area contributed by atoms with Crippen LogP contribution in [0.2, 0.25) is 0 Å². The van der Waals surface area contributed by atoms with Gasteiger partial charge < -0.3 is 14.9 Å². The Bertz CT molecular complexity index is 705. The molecule has 4 atom stereocenters. The summed E-state index contributed by atoms with van der Waals surface area (Å²) in [6.45, 7) is 8.39. The van der Waals surface area contributed by atoms with Gasteiger partial charge in [-0.05, 0) is 61.8 Å². The number of aromatic hydroxyl groups is 1. The van der Waals surface area contributed by atoms with E-state index < -0.39 is 11.6 Å². The summed E-state index contributed by atoms with van der Waals surface area (Å²) < 4.78 is 5.97. The molecule has 1 aromatic carbocycles. The predicted octanol–water partition coefficient (Wildman–Crippen LogP) is 4.46. The minimum absolute atomic E-state index is 0.0727. The van der Waals surface area contributed by atoms with Gasteiger partial charge in [0.25, 0.3) is 0 Å². The van der Waals surface area contributed by atoms with Crippen molar-refractivity contribution in [3.05, 3.63) is 41.5 Å². The Hall–Kier alpha value is -1.81. The van der Waals surface area contributed by atoms with Gasteiger partial charge in [-0.15, -0.1) is 0 Å². The highest BCUT2D eigenvalue weighted by atomic mass is 16.5. The van der Waals surface area contributed by atoms with Crippen molar-refractivity contribution in [3.8, 4) is 5.75 Å². The molecule has 0 radical (unpaired) electrons. The van der Waals surface area contributed by atoms with E-state index in [0.717, 1.165) is 19.3 Å². The van der Waals surface area contributed by atoms with Crippen molar-refractivity contribution in [3.63, 3.8) is 0 Å². The molecule has 0 unspecified atom stereocenters. The molecule has 4 heteroatoms. The highest BCUT2D eigenvalue weighted by molar-refractivity contribution is 5.89. The number of rotatable bonds is 3. The highest BCUT2D eigenvalue weighted by Crippen LogP contribution is 2.58. The fourth-order valence-corrected chi connectivity index (χ4v) is 4.89. The zero-order valence-electron chi connectivity index (χ0n) is 16.2. The number of fused-ring (bicyclic) bond motifs is 1. The average molecular weight is 358 g/mol. The fourth-order valence-electron chi connectivity index (χ4n) is 4.89. The van der Waals surface area contributed by atoms with Crippen molar-refractivity contribution in [2.24, 2.45) is 17.3 Å². The van der Waals surface area contributed by atoms with E-state index in [1.54, 1.807) is 12.1 Å². The lowest BCUT2D eigenvalue weighted by molar-refractivity contribution is -0.112. The molecule has 2 N–H and O–H groups in total. The normalized spacial score (nSPS) is 34.2. The Morgan fingerprint density at radius 2 is 1.88 bits per heavy atom. The third kappa shape index (κ3) is 3.27. The summed E-state index contributed by atoms with van der Waals surface area (Å²) in [5.74, 6) is -0.273. The number of hydrogen-bond donors (Lipinski definition) is 2. The number of benzene rings is 1. The Balaban J connectivity index is 1.92. The summed E-state index contributed by atoms with van der Waals surface area (Å²) in [7, 11) is 0. The summed E-state index contributed by atoms with van der Waals surface area (Å²) in [6.07, 6.45) is 5.13. The molecular formula is C22H30O4. The van der Waals surface area contributed by atoms with Crippen molar-refractivity contribution >= 4 is 5.97 Å². The zero-order chi connectivity index (χ0) is 19.1. The summed E-state index contributed by atoms with van der Waals surface area (Å²) in [5.41, 5.74) is 0.723. The number of ether oxygens (including phenoxy) is 1. The van der Waals surface area contributed by atoms with Crippen molar-refractivity contribution in [2.45, 2.75) is 65.1 Å². The van der Waals surface area contributed by atoms with Gasteiger partial charge in [-0.2, -0.15) is 0 Å². The largest absolute Gasteiger partial charge is 0.508 e. The van der Waals surface area contributed by atoms with Gasteiger partial charge in [-0.1, -0.05) is 32.4 Å². The van der Waals surface area contributed by atoms with Crippen LogP contribution in [0.4, 0.5) is 0 Å². The molecule has 4 nitrogen and oxygen atoms in total. The van der Waals surface area contributed by atoms with Crippen LogP contribution in [0.5, 0.6) is 5.75 Å². The van der Waals surface area contributed by atoms with Crippen molar-refractivity contribution in [1.82, 2.24) is 0 Å². The molecule has 0 bridgehead atoms. The number of phenols is 1. The first-order chi connectivity index (χ1) is 12.2. The predicted molar refractivity (Wildman–Crippen MR) is 101 cm³/mol. The quantitative estimate of drug-likeness (QED) is 0.618. The van der Waals surface area contributed by atoms with E-state index in [1.165, 1.54) is 17.7 Å². The van der Waals surface area contributed by atoms with E-state index in [4.69, 9.17) is 4.74 Å². The summed E-state index contributed by atoms with van der Waals surface area (Å²) in [4.78, 5) is 12.7. The maximum Gasteiger partial charge on any atom is 0.338 e. The Kier molecular flexibility index (Phi) is 4.91. The summed E-state index contributed by atoms with van der Waals surface area (Å²) in [6, 6.07) is 6.11. The van der Waals surface area contributed by atoms with Gasteiger partial charge >= 0.3 is 5.97 Å². The van der Waals surface area contributed by atoms with Gasteiger partial charge in [0.15, 0.2) is 0 Å². The third-order valence-electron chi connectivity index (χ3n) is 6.56. The molecule has 0 saturated heterocycles. The molecule has 26 heavy (non-hydrogen) atoms. The number of esters is 1. The van der Waals surface area contributed by atoms with Gasteiger partial charge in [-0.3, -0.25) is 0 Å². The van der Waals surface area contributed by atoms with E-state index >= 15 is 0 Å². The van der Waals surface area contributed by atoms with Crippen molar-refractivity contribution in [2.75, 3.05) is 0 Å². The molecule has 2 aliphatic carbocycles. The van der Waals surface area contributed by atoms with Crippen LogP contribution in [0, 0.1) is 17.3 Å². The van der Waals surface area contributed by atoms with Crippen molar-refractivity contribution in [1.29, 1.82) is 0 Å². The first-order valence-corrected chi connectivity index (χ1v) is 9.54. The maximum atomic E-state index is 12.7. The second-order valence-electron chi connectivity index (χ2n) is 8.73. The first-order valence-electron chi connectivity index (χ1n) is 9.54. The SMILES string of the molecule is CC1=CC[C@]2(C)CC[C@](O)(C(C)C)[C@H]2[C@@H](OC(=O)c2ccc(O)cc2)C1. The summed E-state index contributed by atoms with van der Waals surface area (Å²) >= 11 is 0. The van der Waals surface area contributed by atoms with Crippen LogP contribution in [-0.4, -0.2) is 27.9 Å². The second-order valence-corrected chi connectivity index (χ2v) is 8.73. The van der Waals surface area contributed by atoms with Crippen LogP contribution in [0.3, 0.4) is 0 Å². The minimum atomic E-state index is -0.826. The van der Waals surface area contributed by atoms with Crippen molar-refractivity contribution < 1.29 is 19.7 Å². The van der Waals surface area contributed by atoms with Gasteiger partial charge in [-0.25, -0.2) is 4.79 Å². The maximum absolute atomic E-state index is 12.7. The van der Waals surface area contributed by atoms with E-state index in [1.807, 2.05) is 0 Å². The highest BCUT2D eigenvalue weighted by Gasteiger charge is 2.59. The molecule has 1 saturated carbocycles. The molecule has 1 aromatic rings. The number of carbonyl (C=O) groups is 1. The molecule has 0 heterocycles. The first kappa shape index (κ1) is 19.0. The molecule has 1 fully saturated rings. The van der Waals surface area contributed by atoms with Crippen LogP contribution < -0.4 is 0 Å². The lowest BCUT2D eigenvalue weighted by Gasteiger charge is -2.43. The summed E-state index contributed by atoms with van der Waals surface area (Å²) in [5, 5.41) is 20.9. The van der Waals surface area contributed by atoms with Crippen LogP contribution in [0.15, 0.2) is 35.9 Å². The van der Waals surface area contributed by atoms with Crippen LogP contribution >= 0.6 is 0 Å². The number of carbonyl (C=O) groups excluding carboxylic acids is 1. The molecule has 0 spiro atoms. The average Bonchev–Trinajstić information content (AvgIpc) is 2.78.